The van der Waals surface area contributed by atoms with Crippen LogP contribution in [0.2, 0.25) is 0 Å². The van der Waals surface area contributed by atoms with Crippen LogP contribution in [-0.4, -0.2) is 24.2 Å². The largest absolute Gasteiger partial charge is 0.461 e. The Morgan fingerprint density at radius 2 is 1.79 bits per heavy atom. The molecule has 0 saturated carbocycles. The van der Waals surface area contributed by atoms with Crippen molar-refractivity contribution in [3.05, 3.63) is 45.3 Å². The van der Waals surface area contributed by atoms with Gasteiger partial charge in [-0.05, 0) is 64.3 Å². The van der Waals surface area contributed by atoms with Crippen molar-refractivity contribution in [3.63, 3.8) is 0 Å². The molecule has 1 amide bonds. The van der Waals surface area contributed by atoms with Crippen molar-refractivity contribution in [3.8, 4) is 0 Å². The standard InChI is InChI=1S/C21H27NO6/c1-13-9-16-15(11-19(24)27-17(16)10-14(13)2)12-26-18(23)7-6-8-22-20(25)28-21(3,4)5/h9-11H,6-8,12H2,1-5H3,(H,22,25). The van der Waals surface area contributed by atoms with Crippen molar-refractivity contribution in [1.29, 1.82) is 0 Å². The van der Waals surface area contributed by atoms with Gasteiger partial charge in [0.25, 0.3) is 0 Å². The summed E-state index contributed by atoms with van der Waals surface area (Å²) >= 11 is 0. The molecule has 2 aromatic rings. The van der Waals surface area contributed by atoms with Gasteiger partial charge in [0.1, 0.15) is 17.8 Å². The first-order chi connectivity index (χ1) is 13.0. The van der Waals surface area contributed by atoms with Crippen molar-refractivity contribution in [1.82, 2.24) is 5.32 Å². The van der Waals surface area contributed by atoms with Crippen molar-refractivity contribution >= 4 is 23.0 Å². The fourth-order valence-corrected chi connectivity index (χ4v) is 2.57. The maximum absolute atomic E-state index is 12.0. The molecule has 0 bridgehead atoms. The number of benzene rings is 1. The fourth-order valence-electron chi connectivity index (χ4n) is 2.57. The molecular weight excluding hydrogens is 362 g/mol. The Kier molecular flexibility index (Phi) is 6.83. The van der Waals surface area contributed by atoms with Crippen molar-refractivity contribution < 1.29 is 23.5 Å². The molecule has 0 aliphatic heterocycles. The van der Waals surface area contributed by atoms with Crippen LogP contribution < -0.4 is 10.9 Å². The Morgan fingerprint density at radius 3 is 2.46 bits per heavy atom. The lowest BCUT2D eigenvalue weighted by molar-refractivity contribution is -0.145. The third-order valence-electron chi connectivity index (χ3n) is 4.06. The van der Waals surface area contributed by atoms with Crippen LogP contribution in [0.25, 0.3) is 11.0 Å². The summed E-state index contributed by atoms with van der Waals surface area (Å²) in [6.07, 6.45) is 0.0514. The lowest BCUT2D eigenvalue weighted by Gasteiger charge is -2.19. The van der Waals surface area contributed by atoms with E-state index in [9.17, 15) is 14.4 Å². The normalized spacial score (nSPS) is 11.3. The fraction of sp³-hybridized carbons (Fsp3) is 0.476. The van der Waals surface area contributed by atoms with Crippen LogP contribution in [0.5, 0.6) is 0 Å². The molecule has 1 N–H and O–H groups in total. The van der Waals surface area contributed by atoms with Crippen molar-refractivity contribution in [2.45, 2.75) is 59.7 Å². The average molecular weight is 389 g/mol. The molecule has 0 radical (unpaired) electrons. The first kappa shape index (κ1) is 21.5. The third kappa shape index (κ3) is 6.40. The van der Waals surface area contributed by atoms with Gasteiger partial charge in [-0.2, -0.15) is 0 Å². The zero-order valence-corrected chi connectivity index (χ0v) is 17.0. The number of esters is 1. The average Bonchev–Trinajstić information content (AvgIpc) is 2.56. The molecule has 1 aromatic heterocycles. The predicted molar refractivity (Wildman–Crippen MR) is 105 cm³/mol. The van der Waals surface area contributed by atoms with Gasteiger partial charge in [0.2, 0.25) is 0 Å². The number of hydrogen-bond acceptors (Lipinski definition) is 6. The number of alkyl carbamates (subject to hydrolysis) is 1. The van der Waals surface area contributed by atoms with Crippen LogP contribution in [0.3, 0.4) is 0 Å². The Morgan fingerprint density at radius 1 is 1.11 bits per heavy atom. The van der Waals surface area contributed by atoms with Crippen LogP contribution in [0.4, 0.5) is 4.79 Å². The molecule has 28 heavy (non-hydrogen) atoms. The molecule has 1 heterocycles. The minimum Gasteiger partial charge on any atom is -0.461 e. The summed E-state index contributed by atoms with van der Waals surface area (Å²) in [7, 11) is 0. The van der Waals surface area contributed by atoms with Gasteiger partial charge in [-0.15, -0.1) is 0 Å². The van der Waals surface area contributed by atoms with E-state index in [2.05, 4.69) is 5.32 Å². The van der Waals surface area contributed by atoms with E-state index in [0.29, 0.717) is 24.1 Å². The number of hydrogen-bond donors (Lipinski definition) is 1. The summed E-state index contributed by atoms with van der Waals surface area (Å²) in [6.45, 7) is 9.53. The number of amides is 1. The number of aryl methyl sites for hydroxylation is 2. The van der Waals surface area contributed by atoms with E-state index in [1.165, 1.54) is 6.07 Å². The second kappa shape index (κ2) is 8.91. The van der Waals surface area contributed by atoms with E-state index in [1.54, 1.807) is 26.8 Å². The number of carbonyl (C=O) groups excluding carboxylic acids is 2. The zero-order chi connectivity index (χ0) is 20.9. The Balaban J connectivity index is 1.87. The van der Waals surface area contributed by atoms with Gasteiger partial charge in [-0.25, -0.2) is 9.59 Å². The van der Waals surface area contributed by atoms with Gasteiger partial charge < -0.3 is 19.2 Å². The molecule has 1 aromatic carbocycles. The number of fused-ring (bicyclic) bond motifs is 1. The Hall–Kier alpha value is -2.83. The molecule has 0 saturated heterocycles. The molecule has 152 valence electrons. The number of ether oxygens (including phenoxy) is 2. The van der Waals surface area contributed by atoms with Crippen LogP contribution in [0, 0.1) is 13.8 Å². The summed E-state index contributed by atoms with van der Waals surface area (Å²) in [5.74, 6) is -0.406. The number of nitrogens with one attached hydrogen (secondary N) is 1. The second-order valence-corrected chi connectivity index (χ2v) is 7.72. The van der Waals surface area contributed by atoms with E-state index >= 15 is 0 Å². The number of rotatable bonds is 6. The van der Waals surface area contributed by atoms with Gasteiger partial charge >= 0.3 is 17.7 Å². The van der Waals surface area contributed by atoms with Gasteiger partial charge in [-0.1, -0.05) is 0 Å². The lowest BCUT2D eigenvalue weighted by Crippen LogP contribution is -2.33. The monoisotopic (exact) mass is 389 g/mol. The summed E-state index contributed by atoms with van der Waals surface area (Å²) in [5, 5.41) is 3.34. The van der Waals surface area contributed by atoms with E-state index < -0.39 is 23.3 Å². The highest BCUT2D eigenvalue weighted by atomic mass is 16.6. The summed E-state index contributed by atoms with van der Waals surface area (Å²) in [6, 6.07) is 5.07. The SMILES string of the molecule is Cc1cc2oc(=O)cc(COC(=O)CCCNC(=O)OC(C)(C)C)c2cc1C. The van der Waals surface area contributed by atoms with Crippen molar-refractivity contribution in [2.75, 3.05) is 6.54 Å². The maximum atomic E-state index is 12.0. The molecule has 0 unspecified atom stereocenters. The summed E-state index contributed by atoms with van der Waals surface area (Å²) in [4.78, 5) is 35.3. The van der Waals surface area contributed by atoms with Gasteiger partial charge in [0, 0.05) is 30.0 Å². The summed E-state index contributed by atoms with van der Waals surface area (Å²) in [5.41, 5.74) is 2.11. The van der Waals surface area contributed by atoms with Crippen LogP contribution in [0.1, 0.15) is 50.3 Å². The second-order valence-electron chi connectivity index (χ2n) is 7.72. The molecular formula is C21H27NO6. The van der Waals surface area contributed by atoms with Crippen molar-refractivity contribution in [2.24, 2.45) is 0 Å². The predicted octanol–water partition coefficient (Wildman–Crippen LogP) is 3.76. The first-order valence-corrected chi connectivity index (χ1v) is 9.21. The molecule has 0 atom stereocenters. The molecule has 7 heteroatoms. The van der Waals surface area contributed by atoms with E-state index in [-0.39, 0.29) is 13.0 Å². The molecule has 0 aliphatic carbocycles. The van der Waals surface area contributed by atoms with Gasteiger partial charge in [0.15, 0.2) is 0 Å². The highest BCUT2D eigenvalue weighted by Crippen LogP contribution is 2.22. The highest BCUT2D eigenvalue weighted by Gasteiger charge is 2.16. The minimum atomic E-state index is -0.564. The number of carbonyl (C=O) groups is 2. The van der Waals surface area contributed by atoms with Gasteiger partial charge in [0.05, 0.1) is 0 Å². The minimum absolute atomic E-state index is 0.0110. The third-order valence-corrected chi connectivity index (χ3v) is 4.06. The van der Waals surface area contributed by atoms with E-state index in [4.69, 9.17) is 13.9 Å². The van der Waals surface area contributed by atoms with Crippen LogP contribution in [0.15, 0.2) is 27.4 Å². The van der Waals surface area contributed by atoms with Gasteiger partial charge in [-0.3, -0.25) is 4.79 Å². The quantitative estimate of drug-likeness (QED) is 0.459. The van der Waals surface area contributed by atoms with Crippen LogP contribution in [-0.2, 0) is 20.9 Å². The molecule has 0 spiro atoms. The molecule has 7 nitrogen and oxygen atoms in total. The maximum Gasteiger partial charge on any atom is 0.407 e. The lowest BCUT2D eigenvalue weighted by atomic mass is 10.0. The summed E-state index contributed by atoms with van der Waals surface area (Å²) < 4.78 is 15.6. The highest BCUT2D eigenvalue weighted by molar-refractivity contribution is 5.82. The smallest absolute Gasteiger partial charge is 0.407 e. The van der Waals surface area contributed by atoms with Crippen LogP contribution >= 0.6 is 0 Å². The molecule has 0 aliphatic rings. The van der Waals surface area contributed by atoms with E-state index in [1.807, 2.05) is 19.9 Å². The Labute approximate surface area is 164 Å². The first-order valence-electron chi connectivity index (χ1n) is 9.21. The molecule has 0 fully saturated rings. The Bertz CT molecular complexity index is 923. The zero-order valence-electron chi connectivity index (χ0n) is 17.0. The molecule has 2 rings (SSSR count). The van der Waals surface area contributed by atoms with E-state index in [0.717, 1.165) is 16.5 Å². The topological polar surface area (TPSA) is 94.8 Å².